The van der Waals surface area contributed by atoms with E-state index in [0.29, 0.717) is 30.2 Å². The Morgan fingerprint density at radius 1 is 1.37 bits per heavy atom. The van der Waals surface area contributed by atoms with Crippen molar-refractivity contribution in [1.29, 1.82) is 0 Å². The molecule has 1 fully saturated rings. The van der Waals surface area contributed by atoms with Crippen LogP contribution in [0.2, 0.25) is 5.02 Å². The standard InChI is InChI=1S/C18H20ClF3N4O3S/c19-16-12(2-1-3-13(16)23)9-26(6-4-11-5-7-30(28,29)10-11)17(27)14-8-15(25-24-14)18(20,21)22/h1-3,8,11H,4-7,9-10,23H2,(H,24,25). The lowest BCUT2D eigenvalue weighted by atomic mass is 10.0. The molecule has 1 aliphatic rings. The maximum absolute atomic E-state index is 12.9. The predicted molar refractivity (Wildman–Crippen MR) is 106 cm³/mol. The summed E-state index contributed by atoms with van der Waals surface area (Å²) in [4.78, 5) is 14.2. The van der Waals surface area contributed by atoms with E-state index in [-0.39, 0.29) is 41.2 Å². The number of nitrogens with zero attached hydrogens (tertiary/aromatic N) is 2. The summed E-state index contributed by atoms with van der Waals surface area (Å²) in [6, 6.07) is 5.55. The topological polar surface area (TPSA) is 109 Å². The third-order valence-electron chi connectivity index (χ3n) is 4.99. The molecule has 2 heterocycles. The minimum absolute atomic E-state index is 0.00358. The van der Waals surface area contributed by atoms with Crippen molar-refractivity contribution in [3.05, 3.63) is 46.2 Å². The number of hydrogen-bond donors (Lipinski definition) is 2. The molecule has 1 amide bonds. The van der Waals surface area contributed by atoms with Crippen LogP contribution >= 0.6 is 11.6 Å². The Morgan fingerprint density at radius 3 is 2.70 bits per heavy atom. The van der Waals surface area contributed by atoms with Gasteiger partial charge in [0.1, 0.15) is 5.69 Å². The van der Waals surface area contributed by atoms with Crippen LogP contribution in [-0.4, -0.2) is 47.5 Å². The summed E-state index contributed by atoms with van der Waals surface area (Å²) in [7, 11) is -3.08. The molecule has 0 aliphatic carbocycles. The van der Waals surface area contributed by atoms with E-state index >= 15 is 0 Å². The highest BCUT2D eigenvalue weighted by atomic mass is 35.5. The van der Waals surface area contributed by atoms with E-state index in [1.54, 1.807) is 18.2 Å². The van der Waals surface area contributed by atoms with Crippen LogP contribution < -0.4 is 5.73 Å². The molecule has 0 saturated carbocycles. The third kappa shape index (κ3) is 5.25. The van der Waals surface area contributed by atoms with Gasteiger partial charge in [-0.1, -0.05) is 23.7 Å². The minimum Gasteiger partial charge on any atom is -0.398 e. The first-order valence-corrected chi connectivity index (χ1v) is 11.3. The highest BCUT2D eigenvalue weighted by Crippen LogP contribution is 2.29. The van der Waals surface area contributed by atoms with E-state index in [2.05, 4.69) is 5.10 Å². The maximum atomic E-state index is 12.9. The van der Waals surface area contributed by atoms with Gasteiger partial charge in [-0.05, 0) is 30.4 Å². The fraction of sp³-hybridized carbons (Fsp3) is 0.444. The molecule has 0 bridgehead atoms. The third-order valence-corrected chi connectivity index (χ3v) is 7.29. The van der Waals surface area contributed by atoms with Crippen molar-refractivity contribution in [2.75, 3.05) is 23.8 Å². The van der Waals surface area contributed by atoms with Gasteiger partial charge in [-0.15, -0.1) is 0 Å². The number of carbonyl (C=O) groups is 1. The number of rotatable bonds is 6. The number of aromatic nitrogens is 2. The summed E-state index contributed by atoms with van der Waals surface area (Å²) in [5.41, 5.74) is 5.11. The van der Waals surface area contributed by atoms with Crippen molar-refractivity contribution in [2.24, 2.45) is 5.92 Å². The zero-order chi connectivity index (χ0) is 22.1. The van der Waals surface area contributed by atoms with Crippen molar-refractivity contribution in [3.63, 3.8) is 0 Å². The van der Waals surface area contributed by atoms with Crippen molar-refractivity contribution in [2.45, 2.75) is 25.6 Å². The van der Waals surface area contributed by atoms with Crippen LogP contribution in [0.25, 0.3) is 0 Å². The molecule has 12 heteroatoms. The molecule has 1 aromatic carbocycles. The molecule has 1 aromatic heterocycles. The molecule has 1 atom stereocenters. The Morgan fingerprint density at radius 2 is 2.10 bits per heavy atom. The van der Waals surface area contributed by atoms with Gasteiger partial charge in [-0.25, -0.2) is 8.42 Å². The number of hydrogen-bond acceptors (Lipinski definition) is 5. The first kappa shape index (κ1) is 22.4. The Kier molecular flexibility index (Phi) is 6.32. The molecule has 0 radical (unpaired) electrons. The number of carbonyl (C=O) groups excluding carboxylic acids is 1. The van der Waals surface area contributed by atoms with Crippen LogP contribution in [0.3, 0.4) is 0 Å². The summed E-state index contributed by atoms with van der Waals surface area (Å²) < 4.78 is 61.9. The number of nitrogens with two attached hydrogens (primary N) is 1. The molecule has 164 valence electrons. The van der Waals surface area contributed by atoms with Gasteiger partial charge >= 0.3 is 6.18 Å². The second kappa shape index (κ2) is 8.46. The number of benzene rings is 1. The number of aromatic amines is 1. The van der Waals surface area contributed by atoms with E-state index in [9.17, 15) is 26.4 Å². The number of alkyl halides is 3. The Balaban J connectivity index is 1.81. The van der Waals surface area contributed by atoms with Crippen molar-refractivity contribution in [3.8, 4) is 0 Å². The lowest BCUT2D eigenvalue weighted by molar-refractivity contribution is -0.141. The highest BCUT2D eigenvalue weighted by molar-refractivity contribution is 7.91. The molecule has 3 N–H and O–H groups in total. The molecule has 2 aromatic rings. The molecule has 1 aliphatic heterocycles. The van der Waals surface area contributed by atoms with Gasteiger partial charge in [0.15, 0.2) is 15.5 Å². The fourth-order valence-electron chi connectivity index (χ4n) is 3.36. The lowest BCUT2D eigenvalue weighted by Crippen LogP contribution is -2.33. The van der Waals surface area contributed by atoms with Gasteiger partial charge < -0.3 is 10.6 Å². The van der Waals surface area contributed by atoms with E-state index in [0.717, 1.165) is 0 Å². The molecular formula is C18H20ClF3N4O3S. The number of anilines is 1. The van der Waals surface area contributed by atoms with Gasteiger partial charge in [0.25, 0.3) is 5.91 Å². The molecule has 1 saturated heterocycles. The van der Waals surface area contributed by atoms with E-state index in [4.69, 9.17) is 17.3 Å². The van der Waals surface area contributed by atoms with Gasteiger partial charge in [0.05, 0.1) is 22.2 Å². The predicted octanol–water partition coefficient (Wildman–Crippen LogP) is 3.13. The largest absolute Gasteiger partial charge is 0.432 e. The number of nitrogens with one attached hydrogen (secondary N) is 1. The first-order valence-electron chi connectivity index (χ1n) is 9.11. The van der Waals surface area contributed by atoms with Crippen molar-refractivity contribution >= 4 is 33.0 Å². The number of nitrogen functional groups attached to an aromatic ring is 1. The number of halogens is 4. The fourth-order valence-corrected chi connectivity index (χ4v) is 5.45. The summed E-state index contributed by atoms with van der Waals surface area (Å²) >= 11 is 6.20. The zero-order valence-electron chi connectivity index (χ0n) is 15.7. The summed E-state index contributed by atoms with van der Waals surface area (Å²) in [5, 5.41) is 5.57. The maximum Gasteiger partial charge on any atom is 0.432 e. The average molecular weight is 465 g/mol. The van der Waals surface area contributed by atoms with E-state index in [1.165, 1.54) is 4.90 Å². The van der Waals surface area contributed by atoms with Crippen molar-refractivity contribution in [1.82, 2.24) is 15.1 Å². The second-order valence-corrected chi connectivity index (χ2v) is 9.88. The first-order chi connectivity index (χ1) is 14.0. The second-order valence-electron chi connectivity index (χ2n) is 7.27. The van der Waals surface area contributed by atoms with Crippen LogP contribution in [0.4, 0.5) is 18.9 Å². The molecule has 30 heavy (non-hydrogen) atoms. The summed E-state index contributed by atoms with van der Waals surface area (Å²) in [6.45, 7) is 0.134. The van der Waals surface area contributed by atoms with Gasteiger partial charge in [0.2, 0.25) is 0 Å². The zero-order valence-corrected chi connectivity index (χ0v) is 17.3. The van der Waals surface area contributed by atoms with Crippen LogP contribution in [0, 0.1) is 5.92 Å². The lowest BCUT2D eigenvalue weighted by Gasteiger charge is -2.24. The highest BCUT2D eigenvalue weighted by Gasteiger charge is 2.35. The number of sulfone groups is 1. The quantitative estimate of drug-likeness (QED) is 0.638. The Labute approximate surface area is 176 Å². The molecule has 0 spiro atoms. The van der Waals surface area contributed by atoms with Gasteiger partial charge in [-0.3, -0.25) is 9.89 Å². The molecular weight excluding hydrogens is 445 g/mol. The van der Waals surface area contributed by atoms with Crippen LogP contribution in [0.15, 0.2) is 24.3 Å². The van der Waals surface area contributed by atoms with E-state index in [1.807, 2.05) is 5.10 Å². The van der Waals surface area contributed by atoms with Gasteiger partial charge in [0, 0.05) is 19.2 Å². The molecule has 7 nitrogen and oxygen atoms in total. The molecule has 3 rings (SSSR count). The van der Waals surface area contributed by atoms with Crippen LogP contribution in [-0.2, 0) is 22.6 Å². The average Bonchev–Trinajstić information content (AvgIpc) is 3.28. The summed E-state index contributed by atoms with van der Waals surface area (Å²) in [6.07, 6.45) is -3.78. The normalized spacial score (nSPS) is 18.5. The SMILES string of the molecule is Nc1cccc(CN(CCC2CCS(=O)(=O)C2)C(=O)c2cc(C(F)(F)F)[nH]n2)c1Cl. The van der Waals surface area contributed by atoms with Crippen LogP contribution in [0.5, 0.6) is 0 Å². The van der Waals surface area contributed by atoms with Crippen LogP contribution in [0.1, 0.15) is 34.6 Å². The Bertz CT molecular complexity index is 1040. The number of H-pyrrole nitrogens is 1. The van der Waals surface area contributed by atoms with Gasteiger partial charge in [-0.2, -0.15) is 18.3 Å². The Hall–Kier alpha value is -2.27. The smallest absolute Gasteiger partial charge is 0.398 e. The monoisotopic (exact) mass is 464 g/mol. The van der Waals surface area contributed by atoms with Crippen molar-refractivity contribution < 1.29 is 26.4 Å². The van der Waals surface area contributed by atoms with E-state index < -0.39 is 27.6 Å². The minimum atomic E-state index is -4.66. The molecule has 1 unspecified atom stereocenters. The number of amides is 1. The summed E-state index contributed by atoms with van der Waals surface area (Å²) in [5.74, 6) is -0.706.